The Hall–Kier alpha value is -2.70. The van der Waals surface area contributed by atoms with Gasteiger partial charge in [-0.2, -0.15) is 0 Å². The third-order valence-electron chi connectivity index (χ3n) is 3.91. The summed E-state index contributed by atoms with van der Waals surface area (Å²) < 4.78 is 1.44. The summed E-state index contributed by atoms with van der Waals surface area (Å²) in [4.78, 5) is 32.5. The van der Waals surface area contributed by atoms with Gasteiger partial charge in [0.05, 0.1) is 0 Å². The molecular weight excluding hydrogens is 284 g/mol. The van der Waals surface area contributed by atoms with E-state index in [1.807, 2.05) is 6.92 Å². The van der Waals surface area contributed by atoms with E-state index in [0.29, 0.717) is 17.9 Å². The van der Waals surface area contributed by atoms with Crippen LogP contribution >= 0.6 is 0 Å². The highest BCUT2D eigenvalue weighted by Gasteiger charge is 2.30. The molecule has 7 heteroatoms. The molecule has 1 aliphatic rings. The van der Waals surface area contributed by atoms with Gasteiger partial charge in [0.15, 0.2) is 0 Å². The number of amides is 1. The normalized spacial score (nSPS) is 16.4. The monoisotopic (exact) mass is 300 g/mol. The average molecular weight is 300 g/mol. The maximum absolute atomic E-state index is 12.4. The standard InChI is InChI=1S/C15H16N4O3/c1-8-6-9-10(7-8)19(2)14(22)11(12(9)20)13(21)18-15-16-4-3-5-17-15/h3-5,8,20H,6-7H2,1-2H3,(H,16,17,18,21). The third kappa shape index (κ3) is 2.24. The number of pyridine rings is 1. The number of aromatic nitrogens is 3. The fourth-order valence-electron chi connectivity index (χ4n) is 2.84. The summed E-state index contributed by atoms with van der Waals surface area (Å²) in [6, 6.07) is 1.61. The highest BCUT2D eigenvalue weighted by atomic mass is 16.3. The van der Waals surface area contributed by atoms with Crippen molar-refractivity contribution in [3.63, 3.8) is 0 Å². The number of carbonyl (C=O) groups is 1. The zero-order chi connectivity index (χ0) is 15.9. The number of hydrogen-bond acceptors (Lipinski definition) is 5. The molecule has 114 valence electrons. The predicted octanol–water partition coefficient (Wildman–Crippen LogP) is 0.868. The molecular formula is C15H16N4O3. The van der Waals surface area contributed by atoms with Crippen LogP contribution in [0.15, 0.2) is 23.3 Å². The molecule has 22 heavy (non-hydrogen) atoms. The number of hydrogen-bond donors (Lipinski definition) is 2. The number of aromatic hydroxyl groups is 1. The summed E-state index contributed by atoms with van der Waals surface area (Å²) in [5, 5.41) is 12.8. The van der Waals surface area contributed by atoms with Crippen molar-refractivity contribution in [2.75, 3.05) is 5.32 Å². The fraction of sp³-hybridized carbons (Fsp3) is 0.333. The lowest BCUT2D eigenvalue weighted by Crippen LogP contribution is -2.30. The van der Waals surface area contributed by atoms with Crippen LogP contribution in [-0.4, -0.2) is 25.5 Å². The van der Waals surface area contributed by atoms with Gasteiger partial charge in [-0.25, -0.2) is 9.97 Å². The largest absolute Gasteiger partial charge is 0.507 e. The van der Waals surface area contributed by atoms with Crippen molar-refractivity contribution in [1.82, 2.24) is 14.5 Å². The van der Waals surface area contributed by atoms with Crippen LogP contribution in [0.5, 0.6) is 5.75 Å². The lowest BCUT2D eigenvalue weighted by molar-refractivity contribution is 0.102. The van der Waals surface area contributed by atoms with Crippen molar-refractivity contribution in [2.24, 2.45) is 13.0 Å². The van der Waals surface area contributed by atoms with Crippen molar-refractivity contribution < 1.29 is 9.90 Å². The SMILES string of the molecule is CC1Cc2c(O)c(C(=O)Nc3ncccn3)c(=O)n(C)c2C1. The zero-order valence-corrected chi connectivity index (χ0v) is 12.3. The predicted molar refractivity (Wildman–Crippen MR) is 79.9 cm³/mol. The molecule has 7 nitrogen and oxygen atoms in total. The molecule has 0 radical (unpaired) electrons. The second-order valence-corrected chi connectivity index (χ2v) is 5.55. The summed E-state index contributed by atoms with van der Waals surface area (Å²) >= 11 is 0. The first-order chi connectivity index (χ1) is 10.5. The first-order valence-corrected chi connectivity index (χ1v) is 7.01. The molecule has 0 fully saturated rings. The molecule has 1 amide bonds. The van der Waals surface area contributed by atoms with Crippen molar-refractivity contribution in [1.29, 1.82) is 0 Å². The summed E-state index contributed by atoms with van der Waals surface area (Å²) in [5.74, 6) is -0.507. The summed E-state index contributed by atoms with van der Waals surface area (Å²) in [7, 11) is 1.62. The van der Waals surface area contributed by atoms with Crippen LogP contribution in [0.1, 0.15) is 28.5 Å². The van der Waals surface area contributed by atoms with E-state index in [-0.39, 0.29) is 17.3 Å². The Kier molecular flexibility index (Phi) is 3.40. The van der Waals surface area contributed by atoms with Gasteiger partial charge in [0.25, 0.3) is 11.5 Å². The van der Waals surface area contributed by atoms with Crippen LogP contribution in [0.2, 0.25) is 0 Å². The number of nitrogens with zero attached hydrogens (tertiary/aromatic N) is 3. The summed E-state index contributed by atoms with van der Waals surface area (Å²) in [6.45, 7) is 2.04. The van der Waals surface area contributed by atoms with Gasteiger partial charge < -0.3 is 9.67 Å². The van der Waals surface area contributed by atoms with Crippen molar-refractivity contribution in [3.8, 4) is 5.75 Å². The van der Waals surface area contributed by atoms with E-state index >= 15 is 0 Å². The topological polar surface area (TPSA) is 97.1 Å². The van der Waals surface area contributed by atoms with Gasteiger partial charge in [0.1, 0.15) is 11.3 Å². The van der Waals surface area contributed by atoms with Crippen LogP contribution in [0.3, 0.4) is 0 Å². The quantitative estimate of drug-likeness (QED) is 0.857. The van der Waals surface area contributed by atoms with Gasteiger partial charge in [-0.1, -0.05) is 6.92 Å². The molecule has 0 saturated carbocycles. The molecule has 1 atom stereocenters. The second kappa shape index (κ2) is 5.25. The molecule has 2 N–H and O–H groups in total. The number of fused-ring (bicyclic) bond motifs is 1. The van der Waals surface area contributed by atoms with Gasteiger partial charge >= 0.3 is 0 Å². The highest BCUT2D eigenvalue weighted by molar-refractivity contribution is 6.05. The number of carbonyl (C=O) groups excluding carboxylic acids is 1. The molecule has 3 rings (SSSR count). The first-order valence-electron chi connectivity index (χ1n) is 7.01. The van der Waals surface area contributed by atoms with E-state index in [4.69, 9.17) is 0 Å². The Balaban J connectivity index is 2.05. The molecule has 0 aliphatic heterocycles. The summed E-state index contributed by atoms with van der Waals surface area (Å²) in [5.41, 5.74) is 0.692. The molecule has 0 aromatic carbocycles. The van der Waals surface area contributed by atoms with Crippen molar-refractivity contribution >= 4 is 11.9 Å². The van der Waals surface area contributed by atoms with E-state index in [0.717, 1.165) is 12.1 Å². The van der Waals surface area contributed by atoms with Crippen molar-refractivity contribution in [2.45, 2.75) is 19.8 Å². The Morgan fingerprint density at radius 3 is 2.73 bits per heavy atom. The zero-order valence-electron chi connectivity index (χ0n) is 12.3. The van der Waals surface area contributed by atoms with E-state index < -0.39 is 11.5 Å². The molecule has 1 unspecified atom stereocenters. The molecule has 2 aromatic heterocycles. The van der Waals surface area contributed by atoms with E-state index in [1.54, 1.807) is 13.1 Å². The van der Waals surface area contributed by atoms with Gasteiger partial charge in [-0.05, 0) is 24.8 Å². The Bertz CT molecular complexity index is 799. The molecule has 0 bridgehead atoms. The fourth-order valence-corrected chi connectivity index (χ4v) is 2.84. The van der Waals surface area contributed by atoms with E-state index in [1.165, 1.54) is 17.0 Å². The summed E-state index contributed by atoms with van der Waals surface area (Å²) in [6.07, 6.45) is 4.33. The molecule has 0 spiro atoms. The maximum Gasteiger partial charge on any atom is 0.267 e. The average Bonchev–Trinajstić information content (AvgIpc) is 2.88. The highest BCUT2D eigenvalue weighted by Crippen LogP contribution is 2.33. The Morgan fingerprint density at radius 1 is 1.36 bits per heavy atom. The molecule has 0 saturated heterocycles. The van der Waals surface area contributed by atoms with E-state index in [2.05, 4.69) is 15.3 Å². The maximum atomic E-state index is 12.4. The minimum Gasteiger partial charge on any atom is -0.507 e. The van der Waals surface area contributed by atoms with Crippen LogP contribution < -0.4 is 10.9 Å². The number of anilines is 1. The van der Waals surface area contributed by atoms with Gasteiger partial charge in [-0.3, -0.25) is 14.9 Å². The minimum atomic E-state index is -0.702. The van der Waals surface area contributed by atoms with Crippen LogP contribution in [-0.2, 0) is 19.9 Å². The third-order valence-corrected chi connectivity index (χ3v) is 3.91. The minimum absolute atomic E-state index is 0.0859. The number of nitrogens with one attached hydrogen (secondary N) is 1. The molecule has 2 aromatic rings. The van der Waals surface area contributed by atoms with E-state index in [9.17, 15) is 14.7 Å². The van der Waals surface area contributed by atoms with Crippen LogP contribution in [0, 0.1) is 5.92 Å². The Morgan fingerprint density at radius 2 is 2.05 bits per heavy atom. The first kappa shape index (κ1) is 14.2. The lowest BCUT2D eigenvalue weighted by Gasteiger charge is -2.12. The van der Waals surface area contributed by atoms with Gasteiger partial charge in [-0.15, -0.1) is 0 Å². The van der Waals surface area contributed by atoms with Gasteiger partial charge in [0.2, 0.25) is 5.95 Å². The number of rotatable bonds is 2. The lowest BCUT2D eigenvalue weighted by atomic mass is 10.1. The van der Waals surface area contributed by atoms with Crippen LogP contribution in [0.4, 0.5) is 5.95 Å². The second-order valence-electron chi connectivity index (χ2n) is 5.55. The van der Waals surface area contributed by atoms with Crippen LogP contribution in [0.25, 0.3) is 0 Å². The molecule has 1 aliphatic carbocycles. The van der Waals surface area contributed by atoms with Gasteiger partial charge in [0, 0.05) is 30.7 Å². The molecule has 2 heterocycles. The smallest absolute Gasteiger partial charge is 0.267 e. The Labute approximate surface area is 126 Å². The van der Waals surface area contributed by atoms with Crippen molar-refractivity contribution in [3.05, 3.63) is 45.6 Å².